The van der Waals surface area contributed by atoms with E-state index in [2.05, 4.69) is 0 Å². The van der Waals surface area contributed by atoms with Gasteiger partial charge in [0.05, 0.1) is 33.1 Å². The molecule has 4 aromatic carbocycles. The second-order valence-corrected chi connectivity index (χ2v) is 9.72. The Hall–Kier alpha value is -4.44. The number of benzene rings is 4. The summed E-state index contributed by atoms with van der Waals surface area (Å²) in [5, 5.41) is -1.88. The van der Waals surface area contributed by atoms with Crippen LogP contribution in [0.1, 0.15) is 31.1 Å². The number of carbonyl (C=O) groups excluding carboxylic acids is 3. The molecule has 39 heavy (non-hydrogen) atoms. The average Bonchev–Trinajstić information content (AvgIpc) is 2.93. The molecule has 0 fully saturated rings. The van der Waals surface area contributed by atoms with Gasteiger partial charge < -0.3 is 0 Å². The second kappa shape index (κ2) is 8.54. The van der Waals surface area contributed by atoms with Gasteiger partial charge in [0.25, 0.3) is 15.7 Å². The Kier molecular flexibility index (Phi) is 5.18. The third-order valence-corrected chi connectivity index (χ3v) is 7.00. The lowest BCUT2D eigenvalue weighted by Crippen LogP contribution is -2.00. The smallest absolute Gasteiger partial charge is 0.252 e. The number of hydrogen-bond donors (Lipinski definition) is 0. The van der Waals surface area contributed by atoms with Crippen molar-refractivity contribution < 1.29 is 14.4 Å². The zero-order valence-electron chi connectivity index (χ0n) is 19.2. The zero-order chi connectivity index (χ0) is 27.0. The van der Waals surface area contributed by atoms with Crippen LogP contribution in [0.4, 0.5) is 0 Å². The molecule has 7 rings (SSSR count). The molecule has 7 aromatic rings. The number of fused-ring (bicyclic) bond motifs is 9. The van der Waals surface area contributed by atoms with E-state index in [1.165, 1.54) is 6.07 Å². The fraction of sp³-hybridized carbons (Fsp3) is 0. The summed E-state index contributed by atoms with van der Waals surface area (Å²) >= 11 is 17.1. The Morgan fingerprint density at radius 3 is 0.846 bits per heavy atom. The van der Waals surface area contributed by atoms with Crippen molar-refractivity contribution in [2.24, 2.45) is 0 Å². The minimum absolute atomic E-state index is 0.258. The van der Waals surface area contributed by atoms with E-state index in [0.717, 1.165) is 0 Å². The molecule has 0 aliphatic rings. The van der Waals surface area contributed by atoms with Gasteiger partial charge in [-0.3, -0.25) is 14.4 Å². The van der Waals surface area contributed by atoms with Crippen LogP contribution in [-0.2, 0) is 0 Å². The Bertz CT molecular complexity index is 2290. The molecule has 0 saturated carbocycles. The normalized spacial score (nSPS) is 11.8. The number of aromatic nitrogens is 6. The maximum atomic E-state index is 11.8. The number of hydrogen-bond acceptors (Lipinski definition) is 9. The minimum Gasteiger partial charge on any atom is -0.276 e. The van der Waals surface area contributed by atoms with Crippen LogP contribution in [0, 0.1) is 0 Å². The Morgan fingerprint density at radius 2 is 0.615 bits per heavy atom. The van der Waals surface area contributed by atoms with Gasteiger partial charge in [0.2, 0.25) is 0 Å². The van der Waals surface area contributed by atoms with Crippen LogP contribution in [0.15, 0.2) is 54.6 Å². The summed E-state index contributed by atoms with van der Waals surface area (Å²) in [6.45, 7) is 0. The van der Waals surface area contributed by atoms with Crippen molar-refractivity contribution in [3.05, 3.63) is 71.3 Å². The summed E-state index contributed by atoms with van der Waals surface area (Å²) in [6.07, 6.45) is 0. The maximum absolute atomic E-state index is 11.8. The highest BCUT2D eigenvalue weighted by molar-refractivity contribution is 6.68. The van der Waals surface area contributed by atoms with Crippen molar-refractivity contribution in [3.63, 3.8) is 0 Å². The minimum atomic E-state index is -0.631. The molecule has 0 atom stereocenters. The summed E-state index contributed by atoms with van der Waals surface area (Å²) in [7, 11) is 0. The van der Waals surface area contributed by atoms with Gasteiger partial charge in [0.15, 0.2) is 0 Å². The fourth-order valence-electron chi connectivity index (χ4n) is 4.52. The first kappa shape index (κ1) is 23.7. The van der Waals surface area contributed by atoms with Gasteiger partial charge in [-0.05, 0) is 89.4 Å². The Balaban J connectivity index is 1.69. The van der Waals surface area contributed by atoms with Crippen molar-refractivity contribution in [1.29, 1.82) is 0 Å². The third kappa shape index (κ3) is 3.74. The molecule has 9 nitrogen and oxygen atoms in total. The van der Waals surface area contributed by atoms with Crippen molar-refractivity contribution in [2.45, 2.75) is 0 Å². The van der Waals surface area contributed by atoms with E-state index >= 15 is 0 Å². The van der Waals surface area contributed by atoms with Gasteiger partial charge in [-0.2, -0.15) is 0 Å². The number of nitrogens with zero attached hydrogens (tertiary/aromatic N) is 6. The van der Waals surface area contributed by atoms with E-state index in [0.29, 0.717) is 66.2 Å². The predicted molar refractivity (Wildman–Crippen MR) is 149 cm³/mol. The summed E-state index contributed by atoms with van der Waals surface area (Å²) in [5.74, 6) is 0. The summed E-state index contributed by atoms with van der Waals surface area (Å²) in [5.41, 5.74) is 5.84. The Labute approximate surface area is 231 Å². The SMILES string of the molecule is O=C(Cl)c1ccc2nc3c4nc5ccc(C(=O)Cl)cc5nc4c4nc5cc(C(=O)Cl)ccc5nc4c3nc2c1. The van der Waals surface area contributed by atoms with Gasteiger partial charge in [0.1, 0.15) is 33.1 Å². The predicted octanol–water partition coefficient (Wildman–Crippen LogP) is 6.11. The molecule has 0 N–H and O–H groups in total. The topological polar surface area (TPSA) is 129 Å². The highest BCUT2D eigenvalue weighted by atomic mass is 35.5. The van der Waals surface area contributed by atoms with Gasteiger partial charge in [-0.15, -0.1) is 0 Å². The highest BCUT2D eigenvalue weighted by Gasteiger charge is 2.20. The summed E-state index contributed by atoms with van der Waals surface area (Å²) in [4.78, 5) is 64.1. The highest BCUT2D eigenvalue weighted by Crippen LogP contribution is 2.33. The molecule has 0 radical (unpaired) electrons. The van der Waals surface area contributed by atoms with Crippen molar-refractivity contribution >= 4 is 117 Å². The first-order valence-corrected chi connectivity index (χ1v) is 12.5. The lowest BCUT2D eigenvalue weighted by molar-refractivity contribution is 0.107. The zero-order valence-corrected chi connectivity index (χ0v) is 21.5. The summed E-state index contributed by atoms with van der Waals surface area (Å²) < 4.78 is 0. The van der Waals surface area contributed by atoms with E-state index in [-0.39, 0.29) is 16.7 Å². The van der Waals surface area contributed by atoms with Crippen LogP contribution in [0.2, 0.25) is 0 Å². The molecule has 3 heterocycles. The van der Waals surface area contributed by atoms with Gasteiger partial charge >= 0.3 is 0 Å². The molecule has 12 heteroatoms. The third-order valence-electron chi connectivity index (χ3n) is 6.35. The van der Waals surface area contributed by atoms with E-state index < -0.39 is 15.7 Å². The van der Waals surface area contributed by atoms with Crippen LogP contribution >= 0.6 is 34.8 Å². The molecule has 186 valence electrons. The largest absolute Gasteiger partial charge is 0.276 e. The fourth-order valence-corrected chi connectivity index (χ4v) is 4.87. The monoisotopic (exact) mass is 570 g/mol. The second-order valence-electron chi connectivity index (χ2n) is 8.69. The van der Waals surface area contributed by atoms with Crippen molar-refractivity contribution in [2.75, 3.05) is 0 Å². The van der Waals surface area contributed by atoms with Crippen LogP contribution in [0.5, 0.6) is 0 Å². The number of rotatable bonds is 3. The standard InChI is InChI=1S/C27H9Cl3N6O3/c28-25(37)10-1-4-13-16(7-10)34-22-19(31-13)20-23(35-17-8-11(26(29)38)2-5-14(17)32-20)24-21(22)33-15-6-3-12(27(30)39)9-18(15)36-24/h1-9H. The lowest BCUT2D eigenvalue weighted by atomic mass is 10.1. The van der Waals surface area contributed by atoms with Gasteiger partial charge in [0, 0.05) is 16.7 Å². The molecular formula is C27H9Cl3N6O3. The molecule has 0 aliphatic heterocycles. The van der Waals surface area contributed by atoms with Crippen LogP contribution in [0.3, 0.4) is 0 Å². The van der Waals surface area contributed by atoms with Crippen LogP contribution in [0.25, 0.3) is 66.2 Å². The Morgan fingerprint density at radius 1 is 0.385 bits per heavy atom. The van der Waals surface area contributed by atoms with E-state index in [1.807, 2.05) is 0 Å². The molecular weight excluding hydrogens is 563 g/mol. The quantitative estimate of drug-likeness (QED) is 0.140. The number of carbonyl (C=O) groups is 3. The molecule has 0 unspecified atom stereocenters. The first-order valence-electron chi connectivity index (χ1n) is 11.3. The van der Waals surface area contributed by atoms with E-state index in [9.17, 15) is 14.4 Å². The molecule has 0 bridgehead atoms. The van der Waals surface area contributed by atoms with E-state index in [4.69, 9.17) is 64.7 Å². The van der Waals surface area contributed by atoms with Gasteiger partial charge in [-0.1, -0.05) is 0 Å². The van der Waals surface area contributed by atoms with Crippen molar-refractivity contribution in [3.8, 4) is 0 Å². The molecule has 0 saturated heterocycles. The summed E-state index contributed by atoms with van der Waals surface area (Å²) in [6, 6.07) is 14.2. The van der Waals surface area contributed by atoms with Gasteiger partial charge in [-0.25, -0.2) is 29.9 Å². The van der Waals surface area contributed by atoms with E-state index in [1.54, 1.807) is 48.5 Å². The van der Waals surface area contributed by atoms with Crippen molar-refractivity contribution in [1.82, 2.24) is 29.9 Å². The molecule has 0 spiro atoms. The maximum Gasteiger partial charge on any atom is 0.252 e. The molecule has 3 aromatic heterocycles. The van der Waals surface area contributed by atoms with Crippen LogP contribution in [-0.4, -0.2) is 45.6 Å². The molecule has 0 amide bonds. The number of halogens is 3. The molecule has 0 aliphatic carbocycles. The average molecular weight is 572 g/mol. The van der Waals surface area contributed by atoms with Crippen LogP contribution < -0.4 is 0 Å². The lowest BCUT2D eigenvalue weighted by Gasteiger charge is -2.11. The first-order chi connectivity index (χ1) is 18.8.